The standard InChI is InChI=1S/C16H19N7S/c1-22-8-10-23(11-9-22)16(24)21-20-15(13-5-7-18-19-12-13)14-4-2-3-6-17-14/h2-7,12H,8-11H2,1H3,(H,21,24). The van der Waals surface area contributed by atoms with Gasteiger partial charge in [0.25, 0.3) is 0 Å². The van der Waals surface area contributed by atoms with Gasteiger partial charge in [-0.25, -0.2) is 0 Å². The van der Waals surface area contributed by atoms with E-state index in [0.29, 0.717) is 10.8 Å². The zero-order valence-electron chi connectivity index (χ0n) is 13.5. The Kier molecular flexibility index (Phi) is 5.39. The van der Waals surface area contributed by atoms with Crippen molar-refractivity contribution >= 4 is 23.0 Å². The first-order chi connectivity index (χ1) is 11.7. The van der Waals surface area contributed by atoms with E-state index in [2.05, 4.69) is 42.6 Å². The smallest absolute Gasteiger partial charge is 0.189 e. The number of nitrogens with one attached hydrogen (secondary N) is 1. The van der Waals surface area contributed by atoms with Gasteiger partial charge >= 0.3 is 0 Å². The fourth-order valence-corrected chi connectivity index (χ4v) is 2.62. The van der Waals surface area contributed by atoms with Crippen molar-refractivity contribution in [1.29, 1.82) is 0 Å². The molecule has 0 aliphatic carbocycles. The number of piperazine rings is 1. The molecule has 3 heterocycles. The summed E-state index contributed by atoms with van der Waals surface area (Å²) in [5, 5.41) is 12.9. The van der Waals surface area contributed by atoms with E-state index in [0.717, 1.165) is 37.4 Å². The summed E-state index contributed by atoms with van der Waals surface area (Å²) in [5.74, 6) is 0. The second-order valence-electron chi connectivity index (χ2n) is 5.51. The molecule has 0 radical (unpaired) electrons. The van der Waals surface area contributed by atoms with Crippen LogP contribution in [0.15, 0.2) is 48.0 Å². The molecule has 2 aromatic rings. The molecule has 124 valence electrons. The van der Waals surface area contributed by atoms with Gasteiger partial charge in [0.15, 0.2) is 5.11 Å². The van der Waals surface area contributed by atoms with Crippen LogP contribution < -0.4 is 5.43 Å². The summed E-state index contributed by atoms with van der Waals surface area (Å²) in [6.45, 7) is 3.78. The van der Waals surface area contributed by atoms with E-state index in [-0.39, 0.29) is 0 Å². The number of hydrogen-bond acceptors (Lipinski definition) is 6. The molecular formula is C16H19N7S. The third kappa shape index (κ3) is 4.09. The number of nitrogens with zero attached hydrogens (tertiary/aromatic N) is 6. The molecule has 1 N–H and O–H groups in total. The molecule has 0 atom stereocenters. The number of aromatic nitrogens is 3. The van der Waals surface area contributed by atoms with Crippen LogP contribution in [0.2, 0.25) is 0 Å². The summed E-state index contributed by atoms with van der Waals surface area (Å²) in [6, 6.07) is 7.54. The van der Waals surface area contributed by atoms with Crippen LogP contribution >= 0.6 is 12.2 Å². The maximum Gasteiger partial charge on any atom is 0.189 e. The SMILES string of the molecule is CN1CCN(C(=S)NN=C(c2ccnnc2)c2ccccn2)CC1. The average molecular weight is 341 g/mol. The van der Waals surface area contributed by atoms with Crippen molar-refractivity contribution in [3.8, 4) is 0 Å². The lowest BCUT2D eigenvalue weighted by atomic mass is 10.1. The van der Waals surface area contributed by atoms with Gasteiger partial charge in [-0.15, -0.1) is 0 Å². The number of hydrogen-bond donors (Lipinski definition) is 1. The van der Waals surface area contributed by atoms with Gasteiger partial charge in [0, 0.05) is 37.9 Å². The number of thiocarbonyl (C=S) groups is 1. The minimum Gasteiger partial charge on any atom is -0.345 e. The maximum absolute atomic E-state index is 5.47. The van der Waals surface area contributed by atoms with Crippen LogP contribution in [0, 0.1) is 0 Å². The quantitative estimate of drug-likeness (QED) is 0.502. The van der Waals surface area contributed by atoms with Gasteiger partial charge in [-0.2, -0.15) is 15.3 Å². The Hall–Kier alpha value is -2.45. The number of pyridine rings is 1. The first-order valence-corrected chi connectivity index (χ1v) is 8.14. The van der Waals surface area contributed by atoms with Crippen molar-refractivity contribution in [1.82, 2.24) is 30.4 Å². The lowest BCUT2D eigenvalue weighted by molar-refractivity contribution is 0.214. The van der Waals surface area contributed by atoms with E-state index in [1.807, 2.05) is 24.3 Å². The van der Waals surface area contributed by atoms with E-state index in [4.69, 9.17) is 12.2 Å². The Morgan fingerprint density at radius 2 is 1.96 bits per heavy atom. The molecule has 1 aliphatic heterocycles. The van der Waals surface area contributed by atoms with E-state index in [1.54, 1.807) is 18.6 Å². The highest BCUT2D eigenvalue weighted by molar-refractivity contribution is 7.80. The first kappa shape index (κ1) is 16.4. The first-order valence-electron chi connectivity index (χ1n) is 7.73. The fraction of sp³-hybridized carbons (Fsp3) is 0.312. The van der Waals surface area contributed by atoms with Gasteiger partial charge in [-0.1, -0.05) is 6.07 Å². The molecular weight excluding hydrogens is 322 g/mol. The van der Waals surface area contributed by atoms with Crippen molar-refractivity contribution < 1.29 is 0 Å². The van der Waals surface area contributed by atoms with Crippen molar-refractivity contribution in [2.24, 2.45) is 5.10 Å². The minimum atomic E-state index is 0.624. The molecule has 0 spiro atoms. The maximum atomic E-state index is 5.47. The summed E-state index contributed by atoms with van der Waals surface area (Å²) < 4.78 is 0. The normalized spacial score (nSPS) is 16.0. The van der Waals surface area contributed by atoms with Crippen LogP contribution in [0.25, 0.3) is 0 Å². The third-order valence-electron chi connectivity index (χ3n) is 3.82. The highest BCUT2D eigenvalue weighted by Gasteiger charge is 2.16. The van der Waals surface area contributed by atoms with Crippen molar-refractivity contribution in [3.63, 3.8) is 0 Å². The Labute approximate surface area is 146 Å². The molecule has 7 nitrogen and oxygen atoms in total. The molecule has 0 unspecified atom stereocenters. The summed E-state index contributed by atoms with van der Waals surface area (Å²) >= 11 is 5.47. The van der Waals surface area contributed by atoms with Crippen molar-refractivity contribution in [2.75, 3.05) is 33.2 Å². The predicted octanol–water partition coefficient (Wildman–Crippen LogP) is 0.746. The predicted molar refractivity (Wildman–Crippen MR) is 96.7 cm³/mol. The summed E-state index contributed by atoms with van der Waals surface area (Å²) in [7, 11) is 2.11. The molecule has 2 aromatic heterocycles. The molecule has 0 aromatic carbocycles. The molecule has 8 heteroatoms. The van der Waals surface area contributed by atoms with Crippen LogP contribution in [-0.4, -0.2) is 69.0 Å². The zero-order valence-corrected chi connectivity index (χ0v) is 14.3. The number of rotatable bonds is 3. The lowest BCUT2D eigenvalue weighted by Crippen LogP contribution is -2.49. The van der Waals surface area contributed by atoms with E-state index in [1.165, 1.54) is 0 Å². The van der Waals surface area contributed by atoms with Crippen LogP contribution in [0.5, 0.6) is 0 Å². The van der Waals surface area contributed by atoms with E-state index >= 15 is 0 Å². The highest BCUT2D eigenvalue weighted by Crippen LogP contribution is 2.07. The van der Waals surface area contributed by atoms with Gasteiger partial charge in [0.05, 0.1) is 18.1 Å². The molecule has 1 fully saturated rings. The average Bonchev–Trinajstić information content (AvgIpc) is 2.64. The van der Waals surface area contributed by atoms with Crippen LogP contribution in [0.3, 0.4) is 0 Å². The second kappa shape index (κ2) is 7.89. The van der Waals surface area contributed by atoms with Gasteiger partial charge < -0.3 is 9.80 Å². The number of likely N-dealkylation sites (N-methyl/N-ethyl adjacent to an activating group) is 1. The molecule has 0 amide bonds. The number of hydrazone groups is 1. The van der Waals surface area contributed by atoms with E-state index in [9.17, 15) is 0 Å². The highest BCUT2D eigenvalue weighted by atomic mass is 32.1. The topological polar surface area (TPSA) is 69.5 Å². The zero-order chi connectivity index (χ0) is 16.8. The lowest BCUT2D eigenvalue weighted by Gasteiger charge is -2.33. The summed E-state index contributed by atoms with van der Waals surface area (Å²) in [6.07, 6.45) is 5.03. The van der Waals surface area contributed by atoms with Crippen molar-refractivity contribution in [3.05, 3.63) is 54.1 Å². The van der Waals surface area contributed by atoms with E-state index < -0.39 is 0 Å². The van der Waals surface area contributed by atoms with Gasteiger partial charge in [0.2, 0.25) is 0 Å². The second-order valence-corrected chi connectivity index (χ2v) is 5.90. The summed E-state index contributed by atoms with van der Waals surface area (Å²) in [4.78, 5) is 8.78. The molecule has 1 aliphatic rings. The molecule has 3 rings (SSSR count). The molecule has 0 saturated carbocycles. The van der Waals surface area contributed by atoms with Crippen LogP contribution in [-0.2, 0) is 0 Å². The molecule has 1 saturated heterocycles. The van der Waals surface area contributed by atoms with Crippen LogP contribution in [0.4, 0.5) is 0 Å². The molecule has 24 heavy (non-hydrogen) atoms. The van der Waals surface area contributed by atoms with Crippen LogP contribution in [0.1, 0.15) is 11.3 Å². The monoisotopic (exact) mass is 341 g/mol. The largest absolute Gasteiger partial charge is 0.345 e. The van der Waals surface area contributed by atoms with Gasteiger partial charge in [-0.3, -0.25) is 10.4 Å². The van der Waals surface area contributed by atoms with Crippen molar-refractivity contribution in [2.45, 2.75) is 0 Å². The van der Waals surface area contributed by atoms with Gasteiger partial charge in [0.1, 0.15) is 5.71 Å². The Morgan fingerprint density at radius 1 is 1.12 bits per heavy atom. The Bertz CT molecular complexity index is 655. The Morgan fingerprint density at radius 3 is 2.62 bits per heavy atom. The Balaban J connectivity index is 1.78. The fourth-order valence-electron chi connectivity index (χ4n) is 2.39. The molecule has 0 bridgehead atoms. The minimum absolute atomic E-state index is 0.624. The summed E-state index contributed by atoms with van der Waals surface area (Å²) in [5.41, 5.74) is 5.27. The van der Waals surface area contributed by atoms with Gasteiger partial charge in [-0.05, 0) is 37.5 Å². The third-order valence-corrected chi connectivity index (χ3v) is 4.17.